The van der Waals surface area contributed by atoms with E-state index in [9.17, 15) is 10.5 Å². The first kappa shape index (κ1) is 45.4. The van der Waals surface area contributed by atoms with Crippen LogP contribution >= 0.6 is 0 Å². The second-order valence-electron chi connectivity index (χ2n) is 18.9. The molecule has 362 valence electrons. The number of hydrogen-bond acceptors (Lipinski definition) is 8. The molecule has 0 atom stereocenters. The predicted octanol–water partition coefficient (Wildman–Crippen LogP) is 15.7. The first-order valence-corrected chi connectivity index (χ1v) is 25.5. The largest absolute Gasteiger partial charge is 0.308 e. The van der Waals surface area contributed by atoms with Gasteiger partial charge >= 0.3 is 0 Å². The van der Waals surface area contributed by atoms with Crippen LogP contribution in [-0.4, -0.2) is 39.0 Å². The quantitative estimate of drug-likeness (QED) is 0.139. The van der Waals surface area contributed by atoms with Gasteiger partial charge in [0.2, 0.25) is 0 Å². The molecule has 10 nitrogen and oxygen atoms in total. The van der Waals surface area contributed by atoms with Crippen molar-refractivity contribution in [3.8, 4) is 103 Å². The Hall–Kier alpha value is -11.2. The highest BCUT2D eigenvalue weighted by atomic mass is 15.1. The fourth-order valence-electron chi connectivity index (χ4n) is 10.7. The van der Waals surface area contributed by atoms with Gasteiger partial charge in [-0.15, -0.1) is 0 Å². The van der Waals surface area contributed by atoms with Gasteiger partial charge in [-0.1, -0.05) is 176 Å². The van der Waals surface area contributed by atoms with Gasteiger partial charge in [0.25, 0.3) is 0 Å². The maximum atomic E-state index is 11.7. The Labute approximate surface area is 447 Å². The highest BCUT2D eigenvalue weighted by Crippen LogP contribution is 2.42. The van der Waals surface area contributed by atoms with Crippen LogP contribution in [0.25, 0.3) is 134 Å². The van der Waals surface area contributed by atoms with Crippen molar-refractivity contribution in [3.63, 3.8) is 0 Å². The Kier molecular flexibility index (Phi) is 11.0. The van der Waals surface area contributed by atoms with E-state index in [0.29, 0.717) is 57.4 Å². The molecule has 10 heteroatoms. The van der Waals surface area contributed by atoms with Gasteiger partial charge in [0, 0.05) is 54.9 Å². The summed E-state index contributed by atoms with van der Waals surface area (Å²) in [5.41, 5.74) is 12.5. The molecule has 14 rings (SSSR count). The van der Waals surface area contributed by atoms with Crippen LogP contribution in [0.3, 0.4) is 0 Å². The zero-order valence-corrected chi connectivity index (χ0v) is 41.6. The summed E-state index contributed by atoms with van der Waals surface area (Å²) in [6.07, 6.45) is 0. The lowest BCUT2D eigenvalue weighted by molar-refractivity contribution is 1.07. The summed E-state index contributed by atoms with van der Waals surface area (Å²) in [7, 11) is 0. The molecule has 10 aromatic carbocycles. The highest BCUT2D eigenvalue weighted by Gasteiger charge is 2.25. The minimum atomic E-state index is 0.446. The first-order chi connectivity index (χ1) is 38.6. The average Bonchev–Trinajstić information content (AvgIpc) is 4.12. The van der Waals surface area contributed by atoms with Gasteiger partial charge in [0.1, 0.15) is 11.6 Å². The highest BCUT2D eigenvalue weighted by molar-refractivity contribution is 6.12. The third-order valence-corrected chi connectivity index (χ3v) is 14.3. The zero-order chi connectivity index (χ0) is 52.1. The van der Waals surface area contributed by atoms with E-state index in [0.717, 1.165) is 88.1 Å². The van der Waals surface area contributed by atoms with Crippen molar-refractivity contribution >= 4 is 43.6 Å². The molecule has 0 bridgehead atoms. The van der Waals surface area contributed by atoms with E-state index < -0.39 is 0 Å². The van der Waals surface area contributed by atoms with Crippen LogP contribution in [0.5, 0.6) is 0 Å². The molecule has 0 aliphatic rings. The molecule has 0 aliphatic carbocycles. The molecular formula is C68H40N10. The van der Waals surface area contributed by atoms with Crippen LogP contribution in [0.1, 0.15) is 11.1 Å². The van der Waals surface area contributed by atoms with Crippen molar-refractivity contribution in [1.29, 1.82) is 10.5 Å². The van der Waals surface area contributed by atoms with E-state index in [4.69, 9.17) is 29.9 Å². The normalized spacial score (nSPS) is 11.3. The topological polar surface area (TPSA) is 135 Å². The number of aromatic nitrogens is 8. The van der Waals surface area contributed by atoms with Crippen molar-refractivity contribution in [3.05, 3.63) is 254 Å². The number of nitrogens with zero attached hydrogens (tertiary/aromatic N) is 10. The van der Waals surface area contributed by atoms with Crippen molar-refractivity contribution in [1.82, 2.24) is 39.0 Å². The predicted molar refractivity (Wildman–Crippen MR) is 309 cm³/mol. The second-order valence-corrected chi connectivity index (χ2v) is 18.9. The van der Waals surface area contributed by atoms with Crippen molar-refractivity contribution in [2.75, 3.05) is 0 Å². The molecule has 0 amide bonds. The minimum absolute atomic E-state index is 0.446. The van der Waals surface area contributed by atoms with Crippen LogP contribution in [0, 0.1) is 22.7 Å². The standard InChI is InChI=1S/C68H40N10/c69-41-49-27-13-14-28-51(49)50-39-61(77-57-31-17-15-29-52(57)54-37-47(33-35-59(54)77)67-73-63(43-19-5-1-6-20-43)71-64(74-67)44-21-7-2-8-22-44)56(42-70)62(40-50)78-58-32-18-16-30-53(58)55-38-48(34-36-60(55)78)68-75-65(45-23-9-3-10-24-45)72-66(76-68)46-25-11-4-12-26-46/h1-40H. The molecule has 0 spiro atoms. The fraction of sp³-hybridized carbons (Fsp3) is 0. The second kappa shape index (κ2) is 18.9. The number of fused-ring (bicyclic) bond motifs is 6. The van der Waals surface area contributed by atoms with E-state index in [1.54, 1.807) is 0 Å². The summed E-state index contributed by atoms with van der Waals surface area (Å²) >= 11 is 0. The summed E-state index contributed by atoms with van der Waals surface area (Å²) in [4.78, 5) is 30.2. The van der Waals surface area contributed by atoms with Gasteiger partial charge < -0.3 is 9.13 Å². The zero-order valence-electron chi connectivity index (χ0n) is 41.6. The molecule has 4 heterocycles. The maximum Gasteiger partial charge on any atom is 0.164 e. The molecule has 0 radical (unpaired) electrons. The van der Waals surface area contributed by atoms with E-state index in [1.807, 2.05) is 194 Å². The SMILES string of the molecule is N#Cc1ccccc1-c1cc(-n2c3ccccc3c3cc(-c4nc(-c5ccccc5)nc(-c5ccccc5)n4)ccc32)c(C#N)c(-n2c3ccccc3c3cc(-c4nc(-c5ccccc5)nc(-c5ccccc5)n4)ccc32)c1. The van der Waals surface area contributed by atoms with E-state index in [1.165, 1.54) is 0 Å². The van der Waals surface area contributed by atoms with Gasteiger partial charge in [-0.05, 0) is 77.9 Å². The third kappa shape index (κ3) is 7.81. The van der Waals surface area contributed by atoms with Crippen LogP contribution in [0.4, 0.5) is 0 Å². The summed E-state index contributed by atoms with van der Waals surface area (Å²) < 4.78 is 4.35. The summed E-state index contributed by atoms with van der Waals surface area (Å²) in [5.74, 6) is 3.37. The van der Waals surface area contributed by atoms with E-state index >= 15 is 0 Å². The van der Waals surface area contributed by atoms with Crippen LogP contribution in [-0.2, 0) is 0 Å². The molecule has 0 aliphatic heterocycles. The Morgan fingerprint density at radius 2 is 0.603 bits per heavy atom. The lowest BCUT2D eigenvalue weighted by Crippen LogP contribution is -2.05. The number of rotatable bonds is 9. The Morgan fingerprint density at radius 3 is 0.987 bits per heavy atom. The van der Waals surface area contributed by atoms with Crippen LogP contribution in [0.2, 0.25) is 0 Å². The molecule has 0 fully saturated rings. The summed E-state index contributed by atoms with van der Waals surface area (Å²) in [6, 6.07) is 85.7. The van der Waals surface area contributed by atoms with E-state index in [-0.39, 0.29) is 0 Å². The maximum absolute atomic E-state index is 11.7. The Balaban J connectivity index is 0.993. The van der Waals surface area contributed by atoms with Gasteiger partial charge in [0.05, 0.1) is 45.1 Å². The third-order valence-electron chi connectivity index (χ3n) is 14.3. The van der Waals surface area contributed by atoms with Crippen LogP contribution < -0.4 is 0 Å². The monoisotopic (exact) mass is 996 g/mol. The number of hydrogen-bond donors (Lipinski definition) is 0. The first-order valence-electron chi connectivity index (χ1n) is 25.5. The Morgan fingerprint density at radius 1 is 0.269 bits per heavy atom. The van der Waals surface area contributed by atoms with Crippen molar-refractivity contribution in [2.24, 2.45) is 0 Å². The molecule has 0 saturated carbocycles. The number of benzene rings is 10. The number of nitriles is 2. The van der Waals surface area contributed by atoms with Crippen molar-refractivity contribution in [2.45, 2.75) is 0 Å². The molecule has 4 aromatic heterocycles. The summed E-state index contributed by atoms with van der Waals surface area (Å²) in [5, 5.41) is 26.2. The molecule has 14 aromatic rings. The number of para-hydroxylation sites is 2. The van der Waals surface area contributed by atoms with E-state index in [2.05, 4.69) is 69.8 Å². The molecule has 0 N–H and O–H groups in total. The van der Waals surface area contributed by atoms with Gasteiger partial charge in [-0.3, -0.25) is 0 Å². The fourth-order valence-corrected chi connectivity index (χ4v) is 10.7. The van der Waals surface area contributed by atoms with Crippen molar-refractivity contribution < 1.29 is 0 Å². The molecule has 0 saturated heterocycles. The lowest BCUT2D eigenvalue weighted by Gasteiger charge is -2.19. The molecular weight excluding hydrogens is 957 g/mol. The smallest absolute Gasteiger partial charge is 0.164 e. The molecule has 0 unspecified atom stereocenters. The minimum Gasteiger partial charge on any atom is -0.308 e. The van der Waals surface area contributed by atoms with Gasteiger partial charge in [0.15, 0.2) is 34.9 Å². The lowest BCUT2D eigenvalue weighted by atomic mass is 9.96. The van der Waals surface area contributed by atoms with Gasteiger partial charge in [-0.2, -0.15) is 10.5 Å². The molecule has 78 heavy (non-hydrogen) atoms. The summed E-state index contributed by atoms with van der Waals surface area (Å²) in [6.45, 7) is 0. The van der Waals surface area contributed by atoms with Crippen LogP contribution in [0.15, 0.2) is 243 Å². The Bertz CT molecular complexity index is 4370. The van der Waals surface area contributed by atoms with Gasteiger partial charge in [-0.25, -0.2) is 29.9 Å². The average molecular weight is 997 g/mol.